The summed E-state index contributed by atoms with van der Waals surface area (Å²) in [5, 5.41) is 2.43. The molecule has 6 aromatic carbocycles. The van der Waals surface area contributed by atoms with Crippen molar-refractivity contribution in [2.75, 3.05) is 0 Å². The molecule has 0 aliphatic heterocycles. The smallest absolute Gasteiger partial charge is 0.179 e. The van der Waals surface area contributed by atoms with E-state index in [9.17, 15) is 0 Å². The monoisotopic (exact) mass is 665 g/mol. The van der Waals surface area contributed by atoms with Crippen molar-refractivity contribution in [3.05, 3.63) is 188 Å². The predicted octanol–water partition coefficient (Wildman–Crippen LogP) is 11.5. The van der Waals surface area contributed by atoms with Crippen molar-refractivity contribution in [2.45, 2.75) is 0 Å². The normalized spacial score (nSPS) is 11.1. The summed E-state index contributed by atoms with van der Waals surface area (Å²) in [6.07, 6.45) is 0. The van der Waals surface area contributed by atoms with Gasteiger partial charge in [0.2, 0.25) is 0 Å². The SMILES string of the molecule is c1ccc(-c2cc(-c3ccccc3)nc(-c3cccc(-c4nc(-c5ccccc5)cc(-c5cccc(-c6ccc7ccccc7c6)c5)n4)n3)n2)cc1. The van der Waals surface area contributed by atoms with Gasteiger partial charge >= 0.3 is 0 Å². The molecule has 0 unspecified atom stereocenters. The van der Waals surface area contributed by atoms with Gasteiger partial charge in [-0.3, -0.25) is 0 Å². The summed E-state index contributed by atoms with van der Waals surface area (Å²) in [5.41, 5.74) is 10.8. The third kappa shape index (κ3) is 6.35. The van der Waals surface area contributed by atoms with Crippen molar-refractivity contribution in [1.82, 2.24) is 24.9 Å². The number of hydrogen-bond donors (Lipinski definition) is 0. The molecule has 0 N–H and O–H groups in total. The third-order valence-electron chi connectivity index (χ3n) is 9.11. The Labute approximate surface area is 302 Å². The van der Waals surface area contributed by atoms with E-state index in [1.54, 1.807) is 0 Å². The Hall–Kier alpha value is -7.11. The van der Waals surface area contributed by atoms with Gasteiger partial charge in [0.15, 0.2) is 11.6 Å². The first-order valence-electron chi connectivity index (χ1n) is 17.3. The van der Waals surface area contributed by atoms with Gasteiger partial charge in [-0.05, 0) is 58.3 Å². The average Bonchev–Trinajstić information content (AvgIpc) is 3.24. The molecule has 52 heavy (non-hydrogen) atoms. The van der Waals surface area contributed by atoms with Gasteiger partial charge in [0.25, 0.3) is 0 Å². The predicted molar refractivity (Wildman–Crippen MR) is 211 cm³/mol. The lowest BCUT2D eigenvalue weighted by Crippen LogP contribution is -2.00. The number of nitrogens with zero attached hydrogens (tertiary/aromatic N) is 5. The van der Waals surface area contributed by atoms with Gasteiger partial charge < -0.3 is 0 Å². The summed E-state index contributed by atoms with van der Waals surface area (Å²) in [7, 11) is 0. The molecule has 0 atom stereocenters. The van der Waals surface area contributed by atoms with E-state index in [4.69, 9.17) is 24.9 Å². The van der Waals surface area contributed by atoms with Gasteiger partial charge in [-0.2, -0.15) is 0 Å². The minimum atomic E-state index is 0.525. The topological polar surface area (TPSA) is 64.5 Å². The van der Waals surface area contributed by atoms with Crippen molar-refractivity contribution < 1.29 is 0 Å². The number of fused-ring (bicyclic) bond motifs is 1. The van der Waals surface area contributed by atoms with Gasteiger partial charge in [-0.15, -0.1) is 0 Å². The van der Waals surface area contributed by atoms with Gasteiger partial charge in [0, 0.05) is 22.3 Å². The number of pyridine rings is 1. The molecule has 3 heterocycles. The van der Waals surface area contributed by atoms with Gasteiger partial charge in [-0.25, -0.2) is 24.9 Å². The molecule has 0 radical (unpaired) electrons. The van der Waals surface area contributed by atoms with E-state index in [1.165, 1.54) is 10.8 Å². The minimum absolute atomic E-state index is 0.525. The van der Waals surface area contributed by atoms with E-state index in [1.807, 2.05) is 78.9 Å². The molecule has 0 aliphatic rings. The lowest BCUT2D eigenvalue weighted by molar-refractivity contribution is 1.12. The van der Waals surface area contributed by atoms with Crippen LogP contribution >= 0.6 is 0 Å². The molecule has 0 saturated heterocycles. The van der Waals surface area contributed by atoms with Crippen LogP contribution in [0.25, 0.3) is 90.0 Å². The van der Waals surface area contributed by atoms with Crippen molar-refractivity contribution in [3.8, 4) is 79.2 Å². The number of hydrogen-bond acceptors (Lipinski definition) is 5. The fourth-order valence-electron chi connectivity index (χ4n) is 6.45. The number of aromatic nitrogens is 5. The van der Waals surface area contributed by atoms with Crippen molar-refractivity contribution in [3.63, 3.8) is 0 Å². The highest BCUT2D eigenvalue weighted by Gasteiger charge is 2.16. The Bertz CT molecular complexity index is 2620. The zero-order chi connectivity index (χ0) is 34.7. The molecule has 9 rings (SSSR count). The number of rotatable bonds is 7. The van der Waals surface area contributed by atoms with Crippen LogP contribution in [0.5, 0.6) is 0 Å². The maximum atomic E-state index is 5.13. The molecule has 0 aliphatic carbocycles. The largest absolute Gasteiger partial charge is 0.241 e. The maximum absolute atomic E-state index is 5.13. The van der Waals surface area contributed by atoms with E-state index in [0.717, 1.165) is 56.2 Å². The molecule has 244 valence electrons. The summed E-state index contributed by atoms with van der Waals surface area (Å²) >= 11 is 0. The molecule has 5 heteroatoms. The summed E-state index contributed by atoms with van der Waals surface area (Å²) in [5.74, 6) is 1.06. The van der Waals surface area contributed by atoms with Crippen molar-refractivity contribution in [2.24, 2.45) is 0 Å². The molecule has 0 saturated carbocycles. The summed E-state index contributed by atoms with van der Waals surface area (Å²) in [6, 6.07) is 64.0. The second-order valence-electron chi connectivity index (χ2n) is 12.6. The van der Waals surface area contributed by atoms with Crippen LogP contribution in [0.1, 0.15) is 0 Å². The zero-order valence-corrected chi connectivity index (χ0v) is 28.1. The van der Waals surface area contributed by atoms with Gasteiger partial charge in [-0.1, -0.05) is 152 Å². The Morgan fingerprint density at radius 1 is 0.212 bits per heavy atom. The molecular weight excluding hydrogens is 635 g/mol. The lowest BCUT2D eigenvalue weighted by Gasteiger charge is -2.12. The number of benzene rings is 6. The quantitative estimate of drug-likeness (QED) is 0.169. The van der Waals surface area contributed by atoms with Gasteiger partial charge in [0.05, 0.1) is 22.8 Å². The van der Waals surface area contributed by atoms with Crippen molar-refractivity contribution in [1.29, 1.82) is 0 Å². The molecule has 9 aromatic rings. The molecule has 0 spiro atoms. The standard InChI is InChI=1S/C47H31N5/c1-4-15-33(16-5-1)42-30-43(34-17-6-2-7-18-34)50-46(49-42)40-24-13-25-41(48-40)47-51-44(35-19-8-3-9-20-35)31-45(52-47)39-23-12-22-37(29-39)38-27-26-32-14-10-11-21-36(32)28-38/h1-31H. The van der Waals surface area contributed by atoms with E-state index in [-0.39, 0.29) is 0 Å². The van der Waals surface area contributed by atoms with Crippen LogP contribution in [0.2, 0.25) is 0 Å². The van der Waals surface area contributed by atoms with E-state index in [0.29, 0.717) is 23.0 Å². The highest BCUT2D eigenvalue weighted by Crippen LogP contribution is 2.32. The fraction of sp³-hybridized carbons (Fsp3) is 0. The maximum Gasteiger partial charge on any atom is 0.179 e. The average molecular weight is 666 g/mol. The van der Waals surface area contributed by atoms with Gasteiger partial charge in [0.1, 0.15) is 11.4 Å². The third-order valence-corrected chi connectivity index (χ3v) is 9.11. The Morgan fingerprint density at radius 3 is 1.15 bits per heavy atom. The van der Waals surface area contributed by atoms with Crippen LogP contribution in [-0.2, 0) is 0 Å². The van der Waals surface area contributed by atoms with E-state index in [2.05, 4.69) is 109 Å². The van der Waals surface area contributed by atoms with E-state index < -0.39 is 0 Å². The second kappa shape index (κ2) is 13.7. The lowest BCUT2D eigenvalue weighted by atomic mass is 9.98. The molecule has 0 fully saturated rings. The van der Waals surface area contributed by atoms with Crippen molar-refractivity contribution >= 4 is 10.8 Å². The molecular formula is C47H31N5. The highest BCUT2D eigenvalue weighted by molar-refractivity contribution is 5.88. The summed E-state index contributed by atoms with van der Waals surface area (Å²) < 4.78 is 0. The van der Waals surface area contributed by atoms with E-state index >= 15 is 0 Å². The van der Waals surface area contributed by atoms with Crippen LogP contribution in [0.4, 0.5) is 0 Å². The Kier molecular flexibility index (Phi) is 8.12. The highest BCUT2D eigenvalue weighted by atomic mass is 15.0. The molecule has 0 bridgehead atoms. The summed E-state index contributed by atoms with van der Waals surface area (Å²) in [6.45, 7) is 0. The molecule has 0 amide bonds. The zero-order valence-electron chi connectivity index (χ0n) is 28.1. The first kappa shape index (κ1) is 30.9. The minimum Gasteiger partial charge on any atom is -0.241 e. The Balaban J connectivity index is 1.16. The molecule has 5 nitrogen and oxygen atoms in total. The first-order valence-corrected chi connectivity index (χ1v) is 17.3. The fourth-order valence-corrected chi connectivity index (χ4v) is 6.45. The van der Waals surface area contributed by atoms with Crippen LogP contribution in [0.15, 0.2) is 188 Å². The second-order valence-corrected chi connectivity index (χ2v) is 12.6. The summed E-state index contributed by atoms with van der Waals surface area (Å²) in [4.78, 5) is 25.3. The van der Waals surface area contributed by atoms with Crippen LogP contribution < -0.4 is 0 Å². The van der Waals surface area contributed by atoms with Crippen LogP contribution in [-0.4, -0.2) is 24.9 Å². The first-order chi connectivity index (χ1) is 25.7. The van der Waals surface area contributed by atoms with Crippen LogP contribution in [0, 0.1) is 0 Å². The van der Waals surface area contributed by atoms with Crippen LogP contribution in [0.3, 0.4) is 0 Å². The Morgan fingerprint density at radius 2 is 0.615 bits per heavy atom. The molecule has 3 aromatic heterocycles.